The Morgan fingerprint density at radius 3 is 2.49 bits per heavy atom. The highest BCUT2D eigenvalue weighted by Gasteiger charge is 2.40. The van der Waals surface area contributed by atoms with Crippen LogP contribution in [0.1, 0.15) is 58.0 Å². The van der Waals surface area contributed by atoms with Crippen LogP contribution >= 0.6 is 0 Å². The largest absolute Gasteiger partial charge is 0.435 e. The summed E-state index contributed by atoms with van der Waals surface area (Å²) in [6.07, 6.45) is -2.07. The highest BCUT2D eigenvalue weighted by molar-refractivity contribution is 5.94. The first-order valence-corrected chi connectivity index (χ1v) is 13.8. The highest BCUT2D eigenvalue weighted by Crippen LogP contribution is 2.36. The number of amides is 2. The number of pyridine rings is 1. The van der Waals surface area contributed by atoms with Crippen LogP contribution in [0.2, 0.25) is 0 Å². The van der Waals surface area contributed by atoms with Crippen molar-refractivity contribution in [3.63, 3.8) is 0 Å². The van der Waals surface area contributed by atoms with Crippen LogP contribution in [0.4, 0.5) is 26.3 Å². The predicted octanol–water partition coefficient (Wildman–Crippen LogP) is 5.07. The number of fused-ring (bicyclic) bond motifs is 1. The standard InChI is InChI=1S/C21H16F3N3O2.C10H13F3N2O/c22-14-6-12(7-15(23)10-14)8-19(27-11-28)20-16(2-1-5-26-20)13-3-4-18(24)17(9-13)21(25)29;1-2-15-8-4-3-6(16)5-7(8)9(14-15)10(11,12)13/h1-7,9-11,19H,8H2,(H2,25,29)(H,27,28);6,16H,2-5H2,1H3. The van der Waals surface area contributed by atoms with Gasteiger partial charge in [-0.3, -0.25) is 19.3 Å². The van der Waals surface area contributed by atoms with Gasteiger partial charge in [0.2, 0.25) is 6.41 Å². The Balaban J connectivity index is 0.000000242. The Bertz CT molecular complexity index is 1670. The second-order valence-corrected chi connectivity index (χ2v) is 10.3. The molecule has 0 radical (unpaired) electrons. The minimum Gasteiger partial charge on any atom is -0.393 e. The monoisotopic (exact) mass is 633 g/mol. The summed E-state index contributed by atoms with van der Waals surface area (Å²) in [6, 6.07) is 9.49. The Morgan fingerprint density at radius 1 is 1.16 bits per heavy atom. The number of aromatic nitrogens is 3. The van der Waals surface area contributed by atoms with Crippen LogP contribution in [0.25, 0.3) is 11.1 Å². The van der Waals surface area contributed by atoms with E-state index in [1.165, 1.54) is 23.0 Å². The molecule has 8 nitrogen and oxygen atoms in total. The van der Waals surface area contributed by atoms with Crippen molar-refractivity contribution in [1.29, 1.82) is 0 Å². The number of carbonyl (C=O) groups excluding carboxylic acids is 2. The zero-order chi connectivity index (χ0) is 32.9. The number of nitrogens with zero attached hydrogens (tertiary/aromatic N) is 3. The van der Waals surface area contributed by atoms with Gasteiger partial charge in [0.25, 0.3) is 5.91 Å². The Morgan fingerprint density at radius 2 is 1.87 bits per heavy atom. The van der Waals surface area contributed by atoms with Gasteiger partial charge in [-0.05, 0) is 67.6 Å². The molecular weight excluding hydrogens is 604 g/mol. The number of hydrogen-bond donors (Lipinski definition) is 3. The van der Waals surface area contributed by atoms with Gasteiger partial charge >= 0.3 is 6.18 Å². The number of hydrogen-bond acceptors (Lipinski definition) is 5. The number of benzene rings is 2. The van der Waals surface area contributed by atoms with Gasteiger partial charge in [-0.2, -0.15) is 18.3 Å². The van der Waals surface area contributed by atoms with Crippen LogP contribution in [0.5, 0.6) is 0 Å². The maximum Gasteiger partial charge on any atom is 0.435 e. The van der Waals surface area contributed by atoms with Crippen molar-refractivity contribution >= 4 is 12.3 Å². The fourth-order valence-corrected chi connectivity index (χ4v) is 5.26. The van der Waals surface area contributed by atoms with Gasteiger partial charge < -0.3 is 16.2 Å². The molecule has 1 aliphatic carbocycles. The van der Waals surface area contributed by atoms with E-state index in [9.17, 15) is 41.0 Å². The SMILES string of the molecule is CCn1nc(C(F)(F)F)c2c1CCC(O)C2.NC(=O)c1cc(-c2cccnc2C(Cc2cc(F)cc(F)c2)NC=O)ccc1F. The summed E-state index contributed by atoms with van der Waals surface area (Å²) in [5.74, 6) is -3.16. The third kappa shape index (κ3) is 7.87. The van der Waals surface area contributed by atoms with Crippen LogP contribution in [0, 0.1) is 17.5 Å². The number of nitrogens with two attached hydrogens (primary N) is 1. The van der Waals surface area contributed by atoms with Crippen molar-refractivity contribution in [1.82, 2.24) is 20.1 Å². The zero-order valence-corrected chi connectivity index (χ0v) is 23.9. The second kappa shape index (κ2) is 13.9. The molecule has 4 N–H and O–H groups in total. The average Bonchev–Trinajstić information content (AvgIpc) is 3.35. The summed E-state index contributed by atoms with van der Waals surface area (Å²) in [7, 11) is 0. The second-order valence-electron chi connectivity index (χ2n) is 10.3. The third-order valence-electron chi connectivity index (χ3n) is 7.23. The molecule has 2 amide bonds. The first kappa shape index (κ1) is 33.2. The molecule has 1 aliphatic rings. The van der Waals surface area contributed by atoms with Crippen molar-refractivity contribution < 1.29 is 41.0 Å². The molecule has 0 saturated heterocycles. The van der Waals surface area contributed by atoms with Gasteiger partial charge in [0.15, 0.2) is 5.69 Å². The molecule has 2 aromatic heterocycles. The smallest absolute Gasteiger partial charge is 0.393 e. The minimum atomic E-state index is -4.43. The lowest BCUT2D eigenvalue weighted by Gasteiger charge is -2.19. The van der Waals surface area contributed by atoms with Crippen LogP contribution in [-0.2, 0) is 36.8 Å². The van der Waals surface area contributed by atoms with Gasteiger partial charge in [0.05, 0.1) is 23.4 Å². The Kier molecular flexibility index (Phi) is 10.3. The lowest BCUT2D eigenvalue weighted by Crippen LogP contribution is -2.23. The highest BCUT2D eigenvalue weighted by atomic mass is 19.4. The fourth-order valence-electron chi connectivity index (χ4n) is 5.26. The third-order valence-corrected chi connectivity index (χ3v) is 7.23. The number of halogens is 6. The van der Waals surface area contributed by atoms with Gasteiger partial charge in [0.1, 0.15) is 17.5 Å². The number of rotatable bonds is 8. The van der Waals surface area contributed by atoms with E-state index < -0.39 is 47.4 Å². The molecule has 0 spiro atoms. The first-order valence-electron chi connectivity index (χ1n) is 13.8. The molecule has 0 aliphatic heterocycles. The maximum atomic E-state index is 13.8. The number of primary amides is 1. The number of aliphatic hydroxyl groups excluding tert-OH is 1. The van der Waals surface area contributed by atoms with E-state index in [0.29, 0.717) is 53.9 Å². The van der Waals surface area contributed by atoms with E-state index in [4.69, 9.17) is 5.73 Å². The van der Waals surface area contributed by atoms with Crippen LogP contribution < -0.4 is 11.1 Å². The topological polar surface area (TPSA) is 123 Å². The summed E-state index contributed by atoms with van der Waals surface area (Å²) in [4.78, 5) is 26.9. The molecule has 2 atom stereocenters. The molecule has 2 unspecified atom stereocenters. The predicted molar refractivity (Wildman–Crippen MR) is 151 cm³/mol. The normalized spacial score (nSPS) is 15.0. The molecule has 2 aromatic carbocycles. The van der Waals surface area contributed by atoms with Crippen molar-refractivity contribution in [2.75, 3.05) is 0 Å². The summed E-state index contributed by atoms with van der Waals surface area (Å²) in [5, 5.41) is 15.6. The zero-order valence-electron chi connectivity index (χ0n) is 23.9. The molecule has 238 valence electrons. The van der Waals surface area contributed by atoms with Crippen LogP contribution in [-0.4, -0.2) is 38.3 Å². The summed E-state index contributed by atoms with van der Waals surface area (Å²) < 4.78 is 80.4. The van der Waals surface area contributed by atoms with E-state index in [1.54, 1.807) is 19.1 Å². The maximum absolute atomic E-state index is 13.8. The number of aryl methyl sites for hydroxylation is 1. The molecule has 0 saturated carbocycles. The van der Waals surface area contributed by atoms with Crippen LogP contribution in [0.3, 0.4) is 0 Å². The first-order chi connectivity index (χ1) is 21.3. The Hall–Kier alpha value is -4.72. The fraction of sp³-hybridized carbons (Fsp3) is 0.290. The Labute approximate surface area is 253 Å². The van der Waals surface area contributed by atoms with Crippen LogP contribution in [0.15, 0.2) is 54.7 Å². The van der Waals surface area contributed by atoms with E-state index >= 15 is 0 Å². The van der Waals surface area contributed by atoms with Gasteiger partial charge in [-0.15, -0.1) is 0 Å². The van der Waals surface area contributed by atoms with Crippen molar-refractivity contribution in [3.8, 4) is 11.1 Å². The summed E-state index contributed by atoms with van der Waals surface area (Å²) in [6.45, 7) is 2.19. The van der Waals surface area contributed by atoms with Crippen molar-refractivity contribution in [3.05, 3.63) is 106 Å². The van der Waals surface area contributed by atoms with E-state index in [0.717, 1.165) is 24.3 Å². The average molecular weight is 634 g/mol. The summed E-state index contributed by atoms with van der Waals surface area (Å²) >= 11 is 0. The minimum absolute atomic E-state index is 0.0568. The molecule has 4 aromatic rings. The number of carbonyl (C=O) groups is 2. The number of alkyl halides is 3. The quantitative estimate of drug-likeness (QED) is 0.185. The van der Waals surface area contributed by atoms with E-state index in [2.05, 4.69) is 15.4 Å². The molecule has 14 heteroatoms. The lowest BCUT2D eigenvalue weighted by molar-refractivity contribution is -0.142. The van der Waals surface area contributed by atoms with Gasteiger partial charge in [0, 0.05) is 42.0 Å². The molecule has 0 fully saturated rings. The summed E-state index contributed by atoms with van der Waals surface area (Å²) in [5.41, 5.74) is 6.55. The van der Waals surface area contributed by atoms with Crippen molar-refractivity contribution in [2.45, 2.75) is 57.5 Å². The molecule has 2 heterocycles. The molecular formula is C31H29F6N5O3. The van der Waals surface area contributed by atoms with E-state index in [1.807, 2.05) is 0 Å². The van der Waals surface area contributed by atoms with Gasteiger partial charge in [-0.25, -0.2) is 13.2 Å². The molecule has 0 bridgehead atoms. The lowest BCUT2D eigenvalue weighted by atomic mass is 9.93. The van der Waals surface area contributed by atoms with E-state index in [-0.39, 0.29) is 24.0 Å². The number of nitrogens with one attached hydrogen (secondary N) is 1. The molecule has 45 heavy (non-hydrogen) atoms. The van der Waals surface area contributed by atoms with Crippen molar-refractivity contribution in [2.24, 2.45) is 5.73 Å². The molecule has 5 rings (SSSR count). The van der Waals surface area contributed by atoms with Gasteiger partial charge in [-0.1, -0.05) is 12.1 Å². The number of aliphatic hydroxyl groups is 1.